The first-order valence-corrected chi connectivity index (χ1v) is 19.8. The highest BCUT2D eigenvalue weighted by molar-refractivity contribution is 7.92. The van der Waals surface area contributed by atoms with Gasteiger partial charge in [-0.25, -0.2) is 9.00 Å². The van der Waals surface area contributed by atoms with Crippen molar-refractivity contribution in [2.45, 2.75) is 57.0 Å². The van der Waals surface area contributed by atoms with Crippen LogP contribution in [0.25, 0.3) is 0 Å². The Morgan fingerprint density at radius 1 is 1.16 bits per heavy atom. The number of amides is 2. The molecular formula is C38H46ClN5O6S. The lowest BCUT2D eigenvalue weighted by Crippen LogP contribution is -2.49. The van der Waals surface area contributed by atoms with E-state index >= 15 is 0 Å². The van der Waals surface area contributed by atoms with Gasteiger partial charge in [0.05, 0.1) is 24.2 Å². The predicted molar refractivity (Wildman–Crippen MR) is 198 cm³/mol. The maximum atomic E-state index is 14.5. The van der Waals surface area contributed by atoms with Crippen molar-refractivity contribution in [1.82, 2.24) is 13.9 Å². The number of rotatable bonds is 3. The standard InChI is InChI=1S/C38H46ClN5O6S/c1-24-7-5-9-33(49-4)29-13-10-27(29)19-44-22-38(16-6-8-25-17-28(39)12-14-30(25)38)23-50-34-15-11-26(18-31(34)44)35(45)40-51(48,21-24)41-36(46)32-20-42(2)37(47)43(32)3/h5,9,11-12,14-15,17-18,20,24,27,29,33H,6-8,10,13,16,19,21-23H2,1-4H3,(H,40,41,45,46,48)/b9-5+/t24-,27-,29+,33-,38-,51-/m0/s1. The van der Waals surface area contributed by atoms with E-state index in [-0.39, 0.29) is 34.4 Å². The van der Waals surface area contributed by atoms with Crippen LogP contribution in [0.4, 0.5) is 5.69 Å². The zero-order valence-electron chi connectivity index (χ0n) is 29.6. The highest BCUT2D eigenvalue weighted by Gasteiger charge is 2.44. The summed E-state index contributed by atoms with van der Waals surface area (Å²) >= 11 is 6.45. The summed E-state index contributed by atoms with van der Waals surface area (Å²) in [5.74, 6) is -0.344. The van der Waals surface area contributed by atoms with Crippen LogP contribution in [0.15, 0.2) is 63.9 Å². The average molecular weight is 736 g/mol. The molecule has 1 fully saturated rings. The van der Waals surface area contributed by atoms with Gasteiger partial charge in [-0.1, -0.05) is 36.7 Å². The topological polar surface area (TPSA) is 124 Å². The van der Waals surface area contributed by atoms with E-state index in [9.17, 15) is 18.6 Å². The summed E-state index contributed by atoms with van der Waals surface area (Å²) in [6.45, 7) is 3.85. The fourth-order valence-electron chi connectivity index (χ4n) is 8.44. The van der Waals surface area contributed by atoms with Crippen molar-refractivity contribution in [3.63, 3.8) is 0 Å². The molecule has 4 aliphatic rings. The van der Waals surface area contributed by atoms with Crippen molar-refractivity contribution in [1.29, 1.82) is 0 Å². The molecule has 0 radical (unpaired) electrons. The van der Waals surface area contributed by atoms with E-state index in [2.05, 4.69) is 32.2 Å². The second-order valence-electron chi connectivity index (χ2n) is 14.9. The molecule has 6 atom stereocenters. The van der Waals surface area contributed by atoms with Gasteiger partial charge in [-0.3, -0.25) is 18.9 Å². The van der Waals surface area contributed by atoms with E-state index in [0.717, 1.165) is 49.4 Å². The summed E-state index contributed by atoms with van der Waals surface area (Å²) in [5, 5.41) is 0.728. The maximum Gasteiger partial charge on any atom is 0.328 e. The summed E-state index contributed by atoms with van der Waals surface area (Å²) < 4.78 is 36.4. The Hall–Kier alpha value is -3.87. The van der Waals surface area contributed by atoms with Gasteiger partial charge < -0.3 is 18.9 Å². The van der Waals surface area contributed by atoms with Crippen LogP contribution < -0.4 is 20.0 Å². The number of hydrogen-bond acceptors (Lipinski definition) is 7. The quantitative estimate of drug-likeness (QED) is 0.356. The van der Waals surface area contributed by atoms with Crippen molar-refractivity contribution in [3.05, 3.63) is 92.6 Å². The predicted octanol–water partition coefficient (Wildman–Crippen LogP) is 5.44. The number of fused-ring (bicyclic) bond motifs is 4. The van der Waals surface area contributed by atoms with Crippen LogP contribution in [0, 0.1) is 17.8 Å². The third kappa shape index (κ3) is 6.90. The van der Waals surface area contributed by atoms with Gasteiger partial charge in [-0.05, 0) is 97.7 Å². The van der Waals surface area contributed by atoms with E-state index in [1.54, 1.807) is 25.3 Å². The Kier molecular flexibility index (Phi) is 9.70. The van der Waals surface area contributed by atoms with Crippen LogP contribution >= 0.6 is 11.6 Å². The van der Waals surface area contributed by atoms with E-state index in [4.69, 9.17) is 21.1 Å². The van der Waals surface area contributed by atoms with Gasteiger partial charge in [-0.2, -0.15) is 0 Å². The monoisotopic (exact) mass is 735 g/mol. The fraction of sp³-hybridized carbons (Fsp3) is 0.500. The Labute approximate surface area is 304 Å². The van der Waals surface area contributed by atoms with E-state index in [1.807, 2.05) is 19.1 Å². The van der Waals surface area contributed by atoms with Gasteiger partial charge in [0.2, 0.25) is 0 Å². The summed E-state index contributed by atoms with van der Waals surface area (Å²) in [7, 11) is 1.11. The van der Waals surface area contributed by atoms with Crippen LogP contribution in [0.5, 0.6) is 5.75 Å². The molecule has 0 saturated heterocycles. The number of hydrogen-bond donors (Lipinski definition) is 1. The summed E-state index contributed by atoms with van der Waals surface area (Å²) in [4.78, 5) is 42.2. The number of halogens is 1. The number of allylic oxidation sites excluding steroid dienone is 1. The normalized spacial score (nSPS) is 29.8. The fourth-order valence-corrected chi connectivity index (χ4v) is 10.5. The van der Waals surface area contributed by atoms with Gasteiger partial charge in [0.25, 0.3) is 11.8 Å². The smallest absolute Gasteiger partial charge is 0.328 e. The molecule has 272 valence electrons. The third-order valence-corrected chi connectivity index (χ3v) is 13.5. The van der Waals surface area contributed by atoms with Crippen LogP contribution in [0.3, 0.4) is 0 Å². The number of benzene rings is 2. The summed E-state index contributed by atoms with van der Waals surface area (Å²) in [5.41, 5.74) is 2.89. The minimum absolute atomic E-state index is 0.0175. The second kappa shape index (κ2) is 13.9. The van der Waals surface area contributed by atoms with Gasteiger partial charge in [0, 0.05) is 56.5 Å². The van der Waals surface area contributed by atoms with E-state index < -0.39 is 27.4 Å². The molecule has 2 amide bonds. The Morgan fingerprint density at radius 2 is 1.98 bits per heavy atom. The summed E-state index contributed by atoms with van der Waals surface area (Å²) in [6, 6.07) is 11.4. The average Bonchev–Trinajstić information content (AvgIpc) is 3.24. The molecule has 3 heterocycles. The van der Waals surface area contributed by atoms with Crippen LogP contribution in [-0.4, -0.2) is 63.8 Å². The number of methoxy groups -OCH3 is 1. The molecule has 1 aromatic heterocycles. The van der Waals surface area contributed by atoms with Crippen molar-refractivity contribution in [2.75, 3.05) is 37.5 Å². The van der Waals surface area contributed by atoms with Crippen LogP contribution in [-0.2, 0) is 40.6 Å². The number of carbonyl (C=O) groups excluding carboxylic acids is 2. The zero-order valence-corrected chi connectivity index (χ0v) is 31.2. The molecular weight excluding hydrogens is 690 g/mol. The van der Waals surface area contributed by atoms with Crippen molar-refractivity contribution < 1.29 is 23.3 Å². The van der Waals surface area contributed by atoms with Crippen molar-refractivity contribution >= 4 is 39.0 Å². The molecule has 11 nitrogen and oxygen atoms in total. The van der Waals surface area contributed by atoms with Gasteiger partial charge in [0.1, 0.15) is 21.4 Å². The first-order chi connectivity index (χ1) is 24.4. The molecule has 13 heteroatoms. The first kappa shape index (κ1) is 35.5. The maximum absolute atomic E-state index is 14.5. The molecule has 2 aliphatic carbocycles. The van der Waals surface area contributed by atoms with Gasteiger partial charge >= 0.3 is 5.69 Å². The molecule has 2 aromatic carbocycles. The van der Waals surface area contributed by atoms with E-state index in [1.165, 1.54) is 40.6 Å². The second-order valence-corrected chi connectivity index (χ2v) is 17.3. The van der Waals surface area contributed by atoms with Crippen LogP contribution in [0.2, 0.25) is 5.02 Å². The van der Waals surface area contributed by atoms with Crippen molar-refractivity contribution in [3.8, 4) is 5.75 Å². The number of nitrogens with zero attached hydrogens (tertiary/aromatic N) is 4. The Morgan fingerprint density at radius 3 is 2.71 bits per heavy atom. The summed E-state index contributed by atoms with van der Waals surface area (Å²) in [6.07, 6.45) is 11.0. The minimum atomic E-state index is -3.63. The number of aryl methyl sites for hydroxylation is 2. The number of imidazole rings is 1. The lowest BCUT2D eigenvalue weighted by molar-refractivity contribution is 0.0131. The largest absolute Gasteiger partial charge is 0.490 e. The van der Waals surface area contributed by atoms with Crippen LogP contribution in [0.1, 0.15) is 71.0 Å². The SMILES string of the molecule is CO[C@H]1/C=C/C[C@H](C)C[S@@](=O)(NC(=O)c2cn(C)c(=O)n2C)=NC(=O)c2ccc3c(c2)N(C[C@@H]2CC[C@H]21)C[C@@]1(CCCc2cc(Cl)ccc21)CO3. The first-order valence-electron chi connectivity index (χ1n) is 17.7. The third-order valence-electron chi connectivity index (χ3n) is 11.3. The number of anilines is 1. The molecule has 2 aliphatic heterocycles. The van der Waals surface area contributed by atoms with Gasteiger partial charge in [-0.15, -0.1) is 4.36 Å². The number of carbonyl (C=O) groups is 2. The number of nitrogens with one attached hydrogen (secondary N) is 1. The minimum Gasteiger partial charge on any atom is -0.490 e. The molecule has 1 spiro atoms. The van der Waals surface area contributed by atoms with Gasteiger partial charge in [0.15, 0.2) is 0 Å². The number of ether oxygens (including phenoxy) is 2. The lowest BCUT2D eigenvalue weighted by atomic mass is 9.68. The molecule has 1 saturated carbocycles. The molecule has 1 N–H and O–H groups in total. The highest BCUT2D eigenvalue weighted by atomic mass is 35.5. The molecule has 51 heavy (non-hydrogen) atoms. The Balaban J connectivity index is 1.31. The molecule has 7 rings (SSSR count). The molecule has 0 unspecified atom stereocenters. The Bertz CT molecular complexity index is 2080. The zero-order chi connectivity index (χ0) is 36.1. The van der Waals surface area contributed by atoms with Crippen molar-refractivity contribution in [2.24, 2.45) is 36.2 Å². The molecule has 3 aromatic rings. The van der Waals surface area contributed by atoms with E-state index in [0.29, 0.717) is 37.2 Å². The molecule has 2 bridgehead atoms. The number of aromatic nitrogens is 2. The highest BCUT2D eigenvalue weighted by Crippen LogP contribution is 2.47. The lowest BCUT2D eigenvalue weighted by Gasteiger charge is -2.46.